The van der Waals surface area contributed by atoms with Crippen molar-refractivity contribution in [1.29, 1.82) is 0 Å². The van der Waals surface area contributed by atoms with Gasteiger partial charge >= 0.3 is 6.18 Å². The highest BCUT2D eigenvalue weighted by molar-refractivity contribution is 7.93. The van der Waals surface area contributed by atoms with Gasteiger partial charge in [0.25, 0.3) is 26.0 Å². The number of alkyl halides is 5. The SMILES string of the molecule is [2H]C([2H])([2H])O[C@@]1(C(F)(F)F)CCc2c(S(=O)(=O)Nc3cc(F)c([C@@H]4CC4(F)F)cc3F)cn(S(=O)(=O)c3ccc(C)cc3)c2C1. The Bertz CT molecular complexity index is 1890. The van der Waals surface area contributed by atoms with Gasteiger partial charge in [0.2, 0.25) is 0 Å². The molecule has 0 amide bonds. The predicted molar refractivity (Wildman–Crippen MR) is 135 cm³/mol. The molecule has 42 heavy (non-hydrogen) atoms. The summed E-state index contributed by atoms with van der Waals surface area (Å²) in [6.45, 7) is 1.62. The number of nitrogens with zero attached hydrogens (tertiary/aromatic N) is 1. The van der Waals surface area contributed by atoms with Crippen molar-refractivity contribution in [3.05, 3.63) is 76.6 Å². The molecule has 1 saturated carbocycles. The number of hydrogen-bond acceptors (Lipinski definition) is 5. The van der Waals surface area contributed by atoms with Gasteiger partial charge in [0.15, 0.2) is 5.60 Å². The minimum atomic E-state index is -5.36. The van der Waals surface area contributed by atoms with E-state index in [1.807, 2.05) is 0 Å². The lowest BCUT2D eigenvalue weighted by molar-refractivity contribution is -0.273. The van der Waals surface area contributed by atoms with Gasteiger partial charge in [-0.1, -0.05) is 17.7 Å². The lowest BCUT2D eigenvalue weighted by Gasteiger charge is -2.38. The summed E-state index contributed by atoms with van der Waals surface area (Å²) in [5, 5.41) is 0. The number of halogens is 7. The second-order valence-electron chi connectivity index (χ2n) is 10.3. The fraction of sp³-hybridized carbons (Fsp3) is 0.385. The number of rotatable bonds is 7. The van der Waals surface area contributed by atoms with Crippen molar-refractivity contribution < 1.29 is 56.4 Å². The van der Waals surface area contributed by atoms with E-state index in [2.05, 4.69) is 4.74 Å². The van der Waals surface area contributed by atoms with Gasteiger partial charge in [-0.3, -0.25) is 4.72 Å². The van der Waals surface area contributed by atoms with Crippen LogP contribution in [0.25, 0.3) is 0 Å². The average molecular weight is 644 g/mol. The molecule has 2 aromatic carbocycles. The van der Waals surface area contributed by atoms with Gasteiger partial charge in [-0.25, -0.2) is 38.4 Å². The molecule has 0 radical (unpaired) electrons. The molecule has 1 heterocycles. The second kappa shape index (κ2) is 9.71. The van der Waals surface area contributed by atoms with Crippen LogP contribution < -0.4 is 4.72 Å². The summed E-state index contributed by atoms with van der Waals surface area (Å²) in [4.78, 5) is -1.38. The van der Waals surface area contributed by atoms with Crippen molar-refractivity contribution in [2.75, 3.05) is 11.8 Å². The lowest BCUT2D eigenvalue weighted by atomic mass is 9.83. The topological polar surface area (TPSA) is 94.5 Å². The van der Waals surface area contributed by atoms with Gasteiger partial charge in [0.05, 0.1) is 20.6 Å². The zero-order valence-electron chi connectivity index (χ0n) is 24.4. The number of anilines is 1. The molecule has 16 heteroatoms. The largest absolute Gasteiger partial charge is 0.417 e. The van der Waals surface area contributed by atoms with E-state index < -0.39 is 120 Å². The van der Waals surface area contributed by atoms with Gasteiger partial charge in [-0.15, -0.1) is 0 Å². The first-order chi connectivity index (χ1) is 20.5. The van der Waals surface area contributed by atoms with Gasteiger partial charge in [-0.2, -0.15) is 13.2 Å². The molecule has 7 nitrogen and oxygen atoms in total. The fourth-order valence-corrected chi connectivity index (χ4v) is 7.82. The predicted octanol–water partition coefficient (Wildman–Crippen LogP) is 5.67. The van der Waals surface area contributed by atoms with Crippen LogP contribution in [0, 0.1) is 18.6 Å². The van der Waals surface area contributed by atoms with E-state index in [0.717, 1.165) is 12.1 Å². The van der Waals surface area contributed by atoms with E-state index in [0.29, 0.717) is 23.9 Å². The summed E-state index contributed by atoms with van der Waals surface area (Å²) in [5.74, 6) is -7.68. The van der Waals surface area contributed by atoms with E-state index in [1.54, 1.807) is 11.6 Å². The number of fused-ring (bicyclic) bond motifs is 1. The first-order valence-electron chi connectivity index (χ1n) is 13.7. The van der Waals surface area contributed by atoms with E-state index in [1.165, 1.54) is 12.1 Å². The summed E-state index contributed by atoms with van der Waals surface area (Å²) >= 11 is 0. The smallest absolute Gasteiger partial charge is 0.368 e. The van der Waals surface area contributed by atoms with Crippen LogP contribution in [-0.2, 0) is 37.6 Å². The highest BCUT2D eigenvalue weighted by Crippen LogP contribution is 2.56. The van der Waals surface area contributed by atoms with Crippen LogP contribution in [0.3, 0.4) is 0 Å². The number of hydrogen-bond donors (Lipinski definition) is 1. The molecule has 1 aromatic heterocycles. The van der Waals surface area contributed by atoms with E-state index >= 15 is 0 Å². The molecule has 0 aliphatic heterocycles. The van der Waals surface area contributed by atoms with Crippen molar-refractivity contribution in [2.45, 2.75) is 66.0 Å². The summed E-state index contributed by atoms with van der Waals surface area (Å²) < 4.78 is 182. The van der Waals surface area contributed by atoms with Crippen LogP contribution in [0.2, 0.25) is 0 Å². The van der Waals surface area contributed by atoms with Crippen LogP contribution >= 0.6 is 0 Å². The molecule has 1 N–H and O–H groups in total. The first-order valence-corrected chi connectivity index (χ1v) is 15.1. The minimum absolute atomic E-state index is 0.263. The van der Waals surface area contributed by atoms with Crippen LogP contribution in [-0.4, -0.2) is 45.5 Å². The third kappa shape index (κ3) is 4.96. The Labute approximate surface area is 240 Å². The molecule has 0 unspecified atom stereocenters. The maximum Gasteiger partial charge on any atom is 0.417 e. The molecule has 0 spiro atoms. The molecule has 228 valence electrons. The number of nitrogens with one attached hydrogen (secondary N) is 1. The van der Waals surface area contributed by atoms with Crippen LogP contribution in [0.4, 0.5) is 36.4 Å². The van der Waals surface area contributed by atoms with Crippen molar-refractivity contribution in [2.24, 2.45) is 0 Å². The monoisotopic (exact) mass is 643 g/mol. The number of aryl methyl sites for hydroxylation is 1. The summed E-state index contributed by atoms with van der Waals surface area (Å²) in [7, 11) is -13.5. The second-order valence-corrected chi connectivity index (χ2v) is 13.7. The molecule has 5 rings (SSSR count). The van der Waals surface area contributed by atoms with E-state index in [4.69, 9.17) is 4.11 Å². The molecule has 2 aliphatic rings. The molecule has 1 fully saturated rings. The summed E-state index contributed by atoms with van der Waals surface area (Å²) in [5.41, 5.74) is -5.79. The molecule has 2 atom stereocenters. The fourth-order valence-electron chi connectivity index (χ4n) is 4.99. The Hall–Kier alpha value is -3.11. The Morgan fingerprint density at radius 2 is 1.71 bits per heavy atom. The van der Waals surface area contributed by atoms with Crippen LogP contribution in [0.1, 0.15) is 45.3 Å². The minimum Gasteiger partial charge on any atom is -0.368 e. The highest BCUT2D eigenvalue weighted by Gasteiger charge is 2.59. The van der Waals surface area contributed by atoms with E-state index in [9.17, 15) is 47.6 Å². The van der Waals surface area contributed by atoms with Crippen LogP contribution in [0.15, 0.2) is 52.4 Å². The van der Waals surface area contributed by atoms with Crippen molar-refractivity contribution in [3.63, 3.8) is 0 Å². The normalized spacial score (nSPS) is 23.4. The van der Waals surface area contributed by atoms with Gasteiger partial charge < -0.3 is 4.74 Å². The summed E-state index contributed by atoms with van der Waals surface area (Å²) in [6.07, 6.45) is -9.04. The maximum absolute atomic E-state index is 14.9. The number of ether oxygens (including phenoxy) is 1. The van der Waals surface area contributed by atoms with Gasteiger partial charge in [-0.05, 0) is 43.5 Å². The van der Waals surface area contributed by atoms with Crippen molar-refractivity contribution in [3.8, 4) is 0 Å². The zero-order chi connectivity index (χ0) is 33.5. The van der Waals surface area contributed by atoms with Crippen molar-refractivity contribution >= 4 is 25.7 Å². The lowest BCUT2D eigenvalue weighted by Crippen LogP contribution is -2.51. The standard InChI is InChI=1S/C26H23F7N2O5S2/c1-14-3-5-15(6-4-14)42(38,39)35-13-23(16-7-8-24(40-2,12-22(16)35)26(31,32)33)41(36,37)34-21-10-19(27)17(9-20(21)28)18-11-25(18,29)30/h3-6,9-10,13,18,34H,7-8,11-12H2,1-2H3/t18-,24-/m0/s1/i2D3. The average Bonchev–Trinajstić information content (AvgIpc) is 3.33. The Balaban J connectivity index is 1.64. The third-order valence-corrected chi connectivity index (χ3v) is 10.6. The molecule has 2 aliphatic carbocycles. The Morgan fingerprint density at radius 3 is 2.29 bits per heavy atom. The Morgan fingerprint density at radius 1 is 1.07 bits per heavy atom. The van der Waals surface area contributed by atoms with Crippen LogP contribution in [0.5, 0.6) is 0 Å². The van der Waals surface area contributed by atoms with Gasteiger partial charge in [0.1, 0.15) is 16.5 Å². The van der Waals surface area contributed by atoms with E-state index in [-0.39, 0.29) is 3.97 Å². The quantitative estimate of drug-likeness (QED) is 0.335. The number of aromatic nitrogens is 1. The molecule has 0 saturated heterocycles. The van der Waals surface area contributed by atoms with Gasteiger partial charge in [0, 0.05) is 43.4 Å². The molecule has 0 bridgehead atoms. The Kier molecular flexibility index (Phi) is 6.13. The highest BCUT2D eigenvalue weighted by atomic mass is 32.2. The third-order valence-electron chi connectivity index (χ3n) is 7.49. The summed E-state index contributed by atoms with van der Waals surface area (Å²) in [6, 6.07) is 5.69. The number of methoxy groups -OCH3 is 1. The molecular weight excluding hydrogens is 617 g/mol. The number of sulfonamides is 1. The molecule has 3 aromatic rings. The molecular formula is C26H23F7N2O5S2. The van der Waals surface area contributed by atoms with Crippen molar-refractivity contribution in [1.82, 2.24) is 3.97 Å². The first kappa shape index (κ1) is 26.5. The zero-order valence-corrected chi connectivity index (χ0v) is 23.0. The number of benzene rings is 2. The maximum atomic E-state index is 14.9.